The number of aromatic amines is 1. The van der Waals surface area contributed by atoms with Crippen molar-refractivity contribution in [3.8, 4) is 11.5 Å². The molecule has 9 heteroatoms. The van der Waals surface area contributed by atoms with Gasteiger partial charge < -0.3 is 16.6 Å². The van der Waals surface area contributed by atoms with Gasteiger partial charge in [-0.25, -0.2) is 18.7 Å². The molecule has 0 bridgehead atoms. The van der Waals surface area contributed by atoms with Crippen LogP contribution < -0.4 is 11.5 Å². The molecular formula is C27H38F2N6O. The standard InChI is InChI=1S/C22H24F2N6O.C3H8.C2H6/c1-3-13(10-16(25)20-14(23)6-4-7-15(20)24)21(26)12(2)17-8-5-9-18(27-17)22-28-19(11-31)29-30-22;1-3-2;1-2/h4-10,12,31H,3,11,25-26H2,1-2H3,(H,28,29,30);3H2,1-2H3;1-2H3/b16-10-,21-13-;;. The van der Waals surface area contributed by atoms with Crippen LogP contribution in [0.4, 0.5) is 8.78 Å². The maximum Gasteiger partial charge on any atom is 0.199 e. The number of halogens is 2. The maximum absolute atomic E-state index is 14.1. The minimum Gasteiger partial charge on any atom is -0.401 e. The minimum absolute atomic E-state index is 0.0402. The van der Waals surface area contributed by atoms with Gasteiger partial charge >= 0.3 is 0 Å². The summed E-state index contributed by atoms with van der Waals surface area (Å²) in [7, 11) is 0. The van der Waals surface area contributed by atoms with Gasteiger partial charge in [0.15, 0.2) is 11.6 Å². The zero-order valence-electron chi connectivity index (χ0n) is 21.9. The molecule has 6 N–H and O–H groups in total. The van der Waals surface area contributed by atoms with E-state index < -0.39 is 11.6 Å². The molecule has 0 radical (unpaired) electrons. The van der Waals surface area contributed by atoms with Crippen LogP contribution in [0.5, 0.6) is 0 Å². The number of pyridine rings is 1. The second-order valence-electron chi connectivity index (χ2n) is 7.67. The Hall–Kier alpha value is -3.59. The van der Waals surface area contributed by atoms with Gasteiger partial charge in [-0.15, -0.1) is 0 Å². The van der Waals surface area contributed by atoms with Crippen LogP contribution in [0.25, 0.3) is 17.2 Å². The highest BCUT2D eigenvalue weighted by Gasteiger charge is 2.17. The largest absolute Gasteiger partial charge is 0.401 e. The van der Waals surface area contributed by atoms with Crippen LogP contribution in [0.2, 0.25) is 0 Å². The lowest BCUT2D eigenvalue weighted by Crippen LogP contribution is -2.13. The fraction of sp³-hybridized carbons (Fsp3) is 0.370. The molecular weight excluding hydrogens is 462 g/mol. The molecule has 2 aromatic heterocycles. The molecule has 1 unspecified atom stereocenters. The number of allylic oxidation sites excluding steroid dienone is 3. The summed E-state index contributed by atoms with van der Waals surface area (Å²) < 4.78 is 28.1. The molecule has 3 aromatic rings. The Labute approximate surface area is 212 Å². The normalized spacial score (nSPS) is 12.5. The van der Waals surface area contributed by atoms with Crippen molar-refractivity contribution in [2.45, 2.75) is 66.9 Å². The van der Waals surface area contributed by atoms with Crippen LogP contribution in [0.3, 0.4) is 0 Å². The summed E-state index contributed by atoms with van der Waals surface area (Å²) in [6, 6.07) is 8.96. The third-order valence-electron chi connectivity index (χ3n) is 4.92. The lowest BCUT2D eigenvalue weighted by molar-refractivity contribution is 0.272. The van der Waals surface area contributed by atoms with Gasteiger partial charge in [-0.1, -0.05) is 60.1 Å². The number of rotatable bonds is 7. The van der Waals surface area contributed by atoms with E-state index in [2.05, 4.69) is 34.0 Å². The molecule has 3 rings (SSSR count). The van der Waals surface area contributed by atoms with E-state index in [9.17, 15) is 8.78 Å². The van der Waals surface area contributed by atoms with E-state index in [1.165, 1.54) is 18.6 Å². The number of aromatic nitrogens is 4. The molecule has 0 aliphatic carbocycles. The summed E-state index contributed by atoms with van der Waals surface area (Å²) >= 11 is 0. The Balaban J connectivity index is 0.00000120. The molecule has 196 valence electrons. The van der Waals surface area contributed by atoms with Crippen molar-refractivity contribution in [1.82, 2.24) is 20.2 Å². The molecule has 0 saturated carbocycles. The molecule has 36 heavy (non-hydrogen) atoms. The Morgan fingerprint density at radius 1 is 1.03 bits per heavy atom. The zero-order chi connectivity index (χ0) is 27.3. The van der Waals surface area contributed by atoms with Crippen LogP contribution in [-0.4, -0.2) is 25.3 Å². The molecule has 0 aliphatic rings. The predicted molar refractivity (Wildman–Crippen MR) is 141 cm³/mol. The minimum atomic E-state index is -0.737. The van der Waals surface area contributed by atoms with Gasteiger partial charge in [-0.05, 0) is 42.3 Å². The number of H-pyrrole nitrogens is 1. The number of aliphatic hydroxyl groups is 1. The van der Waals surface area contributed by atoms with E-state index in [1.807, 2.05) is 33.8 Å². The van der Waals surface area contributed by atoms with Crippen LogP contribution in [0, 0.1) is 11.6 Å². The number of hydrogen-bond acceptors (Lipinski definition) is 6. The van der Waals surface area contributed by atoms with Gasteiger partial charge in [-0.2, -0.15) is 5.10 Å². The lowest BCUT2D eigenvalue weighted by Gasteiger charge is -2.16. The first-order chi connectivity index (χ1) is 17.3. The van der Waals surface area contributed by atoms with Crippen molar-refractivity contribution in [3.63, 3.8) is 0 Å². The Bertz CT molecular complexity index is 1140. The van der Waals surface area contributed by atoms with Crippen molar-refractivity contribution < 1.29 is 13.9 Å². The summed E-state index contributed by atoms with van der Waals surface area (Å²) in [5.74, 6) is -1.09. The second-order valence-corrected chi connectivity index (χ2v) is 7.67. The van der Waals surface area contributed by atoms with Crippen molar-refractivity contribution >= 4 is 5.70 Å². The molecule has 1 atom stereocenters. The fourth-order valence-corrected chi connectivity index (χ4v) is 3.16. The topological polar surface area (TPSA) is 127 Å². The molecule has 0 saturated heterocycles. The van der Waals surface area contributed by atoms with E-state index in [0.717, 1.165) is 12.1 Å². The number of nitrogens with two attached hydrogens (primary N) is 2. The van der Waals surface area contributed by atoms with Crippen molar-refractivity contribution in [3.05, 3.63) is 82.5 Å². The first-order valence-electron chi connectivity index (χ1n) is 12.2. The van der Waals surface area contributed by atoms with Gasteiger partial charge in [-0.3, -0.25) is 5.10 Å². The number of hydrogen-bond donors (Lipinski definition) is 4. The molecule has 0 amide bonds. The Morgan fingerprint density at radius 3 is 2.14 bits per heavy atom. The highest BCUT2D eigenvalue weighted by molar-refractivity contribution is 5.66. The predicted octanol–water partition coefficient (Wildman–Crippen LogP) is 5.81. The van der Waals surface area contributed by atoms with Gasteiger partial charge in [0, 0.05) is 23.0 Å². The van der Waals surface area contributed by atoms with Gasteiger partial charge in [0.1, 0.15) is 23.9 Å². The molecule has 0 aliphatic heterocycles. The second kappa shape index (κ2) is 15.4. The third kappa shape index (κ3) is 7.98. The third-order valence-corrected chi connectivity index (χ3v) is 4.92. The zero-order valence-corrected chi connectivity index (χ0v) is 21.9. The SMILES string of the molecule is CC.CCC.CCC(/C=C(\N)c1c(F)cccc1F)=C(/N)C(C)c1cccc(-c2n[nH]c(CO)n2)n1. The number of benzene rings is 1. The first-order valence-corrected chi connectivity index (χ1v) is 12.2. The van der Waals surface area contributed by atoms with Gasteiger partial charge in [0.2, 0.25) is 0 Å². The summed E-state index contributed by atoms with van der Waals surface area (Å²) in [6.07, 6.45) is 3.26. The average molecular weight is 501 g/mol. The first kappa shape index (κ1) is 30.4. The van der Waals surface area contributed by atoms with E-state index in [-0.39, 0.29) is 23.8 Å². The summed E-state index contributed by atoms with van der Waals surface area (Å²) in [5.41, 5.74) is 14.4. The maximum atomic E-state index is 14.1. The molecule has 7 nitrogen and oxygen atoms in total. The fourth-order valence-electron chi connectivity index (χ4n) is 3.16. The summed E-state index contributed by atoms with van der Waals surface area (Å²) in [6.45, 7) is 11.8. The summed E-state index contributed by atoms with van der Waals surface area (Å²) in [4.78, 5) is 8.75. The van der Waals surface area contributed by atoms with E-state index in [0.29, 0.717) is 40.7 Å². The summed E-state index contributed by atoms with van der Waals surface area (Å²) in [5, 5.41) is 15.8. The Morgan fingerprint density at radius 2 is 1.61 bits per heavy atom. The van der Waals surface area contributed by atoms with Gasteiger partial charge in [0.05, 0.1) is 5.56 Å². The number of nitrogens with zero attached hydrogens (tertiary/aromatic N) is 3. The van der Waals surface area contributed by atoms with Gasteiger partial charge in [0.25, 0.3) is 0 Å². The number of nitrogens with one attached hydrogen (secondary N) is 1. The quantitative estimate of drug-likeness (QED) is 0.303. The molecule has 2 heterocycles. The van der Waals surface area contributed by atoms with E-state index >= 15 is 0 Å². The molecule has 0 fully saturated rings. The van der Waals surface area contributed by atoms with Crippen molar-refractivity contribution in [1.29, 1.82) is 0 Å². The van der Waals surface area contributed by atoms with Crippen LogP contribution in [0.15, 0.2) is 53.7 Å². The van der Waals surface area contributed by atoms with Crippen LogP contribution in [0.1, 0.15) is 77.4 Å². The Kier molecular flexibility index (Phi) is 13.0. The van der Waals surface area contributed by atoms with Crippen molar-refractivity contribution in [2.24, 2.45) is 11.5 Å². The van der Waals surface area contributed by atoms with Crippen LogP contribution in [-0.2, 0) is 6.61 Å². The molecule has 1 aromatic carbocycles. The smallest absolute Gasteiger partial charge is 0.199 e. The highest BCUT2D eigenvalue weighted by atomic mass is 19.1. The van der Waals surface area contributed by atoms with Crippen molar-refractivity contribution in [2.75, 3.05) is 0 Å². The monoisotopic (exact) mass is 500 g/mol. The van der Waals surface area contributed by atoms with E-state index in [4.69, 9.17) is 16.6 Å². The molecule has 0 spiro atoms. The number of aliphatic hydroxyl groups excluding tert-OH is 1. The highest BCUT2D eigenvalue weighted by Crippen LogP contribution is 2.27. The van der Waals surface area contributed by atoms with Crippen LogP contribution >= 0.6 is 0 Å². The lowest BCUT2D eigenvalue weighted by atomic mass is 9.96. The van der Waals surface area contributed by atoms with E-state index in [1.54, 1.807) is 12.1 Å². The average Bonchev–Trinajstić information content (AvgIpc) is 3.37.